The Balaban J connectivity index is 1.62. The molecule has 0 aliphatic carbocycles. The number of nitrogens with zero attached hydrogens (tertiary/aromatic N) is 2. The van der Waals surface area contributed by atoms with E-state index in [1.165, 1.54) is 43.5 Å². The van der Waals surface area contributed by atoms with Crippen LogP contribution in [0.3, 0.4) is 0 Å². The molecule has 146 valence electrons. The second-order valence-electron chi connectivity index (χ2n) is 8.79. The zero-order valence-corrected chi connectivity index (χ0v) is 17.1. The van der Waals surface area contributed by atoms with Crippen LogP contribution in [-0.2, 0) is 16.7 Å². The Kier molecular flexibility index (Phi) is 6.60. The third-order valence-electron chi connectivity index (χ3n) is 5.83. The topological polar surface area (TPSA) is 24.9 Å². The van der Waals surface area contributed by atoms with Gasteiger partial charge in [-0.15, -0.1) is 0 Å². The fourth-order valence-corrected chi connectivity index (χ4v) is 4.30. The average Bonchev–Trinajstić information content (AvgIpc) is 2.87. The lowest BCUT2D eigenvalue weighted by Gasteiger charge is -2.34. The Morgan fingerprint density at radius 3 is 2.54 bits per heavy atom. The van der Waals surface area contributed by atoms with Gasteiger partial charge in [0.15, 0.2) is 0 Å². The van der Waals surface area contributed by atoms with Crippen LogP contribution in [0.5, 0.6) is 5.75 Å². The molecule has 0 N–H and O–H groups in total. The Hall–Kier alpha value is -1.10. The Bertz CT molecular complexity index is 576. The molecule has 2 aliphatic rings. The number of hydrogen-bond acceptors (Lipinski definition) is 4. The molecular formula is C22H36N2O2. The van der Waals surface area contributed by atoms with Gasteiger partial charge >= 0.3 is 0 Å². The SMILES string of the molecule is COc1ccc(CN2CCCC(N3CCOCC3)CC2)cc1C(C)(C)C. The van der Waals surface area contributed by atoms with E-state index in [1.807, 2.05) is 0 Å². The summed E-state index contributed by atoms with van der Waals surface area (Å²) in [5.74, 6) is 1.00. The van der Waals surface area contributed by atoms with E-state index in [0.29, 0.717) is 0 Å². The highest BCUT2D eigenvalue weighted by Crippen LogP contribution is 2.32. The zero-order chi connectivity index (χ0) is 18.6. The summed E-state index contributed by atoms with van der Waals surface area (Å²) in [6.07, 6.45) is 3.90. The van der Waals surface area contributed by atoms with E-state index in [1.54, 1.807) is 7.11 Å². The van der Waals surface area contributed by atoms with Crippen LogP contribution >= 0.6 is 0 Å². The second-order valence-corrected chi connectivity index (χ2v) is 8.79. The van der Waals surface area contributed by atoms with Crippen molar-refractivity contribution in [2.75, 3.05) is 46.5 Å². The number of methoxy groups -OCH3 is 1. The van der Waals surface area contributed by atoms with E-state index in [4.69, 9.17) is 9.47 Å². The minimum absolute atomic E-state index is 0.0988. The number of ether oxygens (including phenoxy) is 2. The summed E-state index contributed by atoms with van der Waals surface area (Å²) in [5, 5.41) is 0. The molecule has 0 spiro atoms. The Morgan fingerprint density at radius 1 is 1.08 bits per heavy atom. The van der Waals surface area contributed by atoms with Gasteiger partial charge in [-0.3, -0.25) is 9.80 Å². The molecule has 1 aromatic carbocycles. The first-order valence-electron chi connectivity index (χ1n) is 10.2. The molecular weight excluding hydrogens is 324 g/mol. The highest BCUT2D eigenvalue weighted by atomic mass is 16.5. The molecule has 2 aliphatic heterocycles. The van der Waals surface area contributed by atoms with Gasteiger partial charge in [0, 0.05) is 25.7 Å². The second kappa shape index (κ2) is 8.73. The molecule has 1 aromatic rings. The maximum Gasteiger partial charge on any atom is 0.122 e. The largest absolute Gasteiger partial charge is 0.496 e. The van der Waals surface area contributed by atoms with Crippen LogP contribution in [0, 0.1) is 0 Å². The van der Waals surface area contributed by atoms with Crippen molar-refractivity contribution in [3.05, 3.63) is 29.3 Å². The lowest BCUT2D eigenvalue weighted by atomic mass is 9.85. The summed E-state index contributed by atoms with van der Waals surface area (Å²) in [6.45, 7) is 14.2. The minimum Gasteiger partial charge on any atom is -0.496 e. The van der Waals surface area contributed by atoms with E-state index in [0.717, 1.165) is 44.6 Å². The molecule has 4 nitrogen and oxygen atoms in total. The highest BCUT2D eigenvalue weighted by molar-refractivity contribution is 5.41. The van der Waals surface area contributed by atoms with Gasteiger partial charge in [0.05, 0.1) is 20.3 Å². The predicted octanol–water partition coefficient (Wildman–Crippen LogP) is 3.68. The van der Waals surface area contributed by atoms with Gasteiger partial charge in [0.2, 0.25) is 0 Å². The first kappa shape index (κ1) is 19.7. The number of benzene rings is 1. The maximum atomic E-state index is 5.59. The summed E-state index contributed by atoms with van der Waals surface area (Å²) >= 11 is 0. The van der Waals surface area contributed by atoms with Crippen molar-refractivity contribution in [2.45, 2.75) is 58.0 Å². The fraction of sp³-hybridized carbons (Fsp3) is 0.727. The third-order valence-corrected chi connectivity index (χ3v) is 5.83. The first-order chi connectivity index (χ1) is 12.5. The van der Waals surface area contributed by atoms with Gasteiger partial charge < -0.3 is 9.47 Å². The third kappa shape index (κ3) is 4.99. The van der Waals surface area contributed by atoms with Crippen LogP contribution < -0.4 is 4.74 Å². The summed E-state index contributed by atoms with van der Waals surface area (Å²) in [6, 6.07) is 7.47. The van der Waals surface area contributed by atoms with Crippen molar-refractivity contribution in [1.82, 2.24) is 9.80 Å². The lowest BCUT2D eigenvalue weighted by Crippen LogP contribution is -2.43. The van der Waals surface area contributed by atoms with Crippen molar-refractivity contribution in [2.24, 2.45) is 0 Å². The van der Waals surface area contributed by atoms with Crippen molar-refractivity contribution in [1.29, 1.82) is 0 Å². The lowest BCUT2D eigenvalue weighted by molar-refractivity contribution is 0.0135. The van der Waals surface area contributed by atoms with Gasteiger partial charge in [-0.2, -0.15) is 0 Å². The van der Waals surface area contributed by atoms with Crippen LogP contribution in [-0.4, -0.2) is 62.3 Å². The number of rotatable bonds is 4. The highest BCUT2D eigenvalue weighted by Gasteiger charge is 2.25. The number of morpholine rings is 1. The average molecular weight is 361 g/mol. The summed E-state index contributed by atoms with van der Waals surface area (Å²) in [5.41, 5.74) is 2.81. The van der Waals surface area contributed by atoms with E-state index in [2.05, 4.69) is 48.8 Å². The molecule has 0 aromatic heterocycles. The molecule has 1 unspecified atom stereocenters. The number of hydrogen-bond donors (Lipinski definition) is 0. The van der Waals surface area contributed by atoms with E-state index < -0.39 is 0 Å². The molecule has 2 heterocycles. The molecule has 26 heavy (non-hydrogen) atoms. The van der Waals surface area contributed by atoms with E-state index in [-0.39, 0.29) is 5.41 Å². The Labute approximate surface area is 159 Å². The smallest absolute Gasteiger partial charge is 0.122 e. The van der Waals surface area contributed by atoms with Crippen LogP contribution in [0.25, 0.3) is 0 Å². The fourth-order valence-electron chi connectivity index (χ4n) is 4.30. The van der Waals surface area contributed by atoms with Crippen molar-refractivity contribution < 1.29 is 9.47 Å². The van der Waals surface area contributed by atoms with Crippen molar-refractivity contribution >= 4 is 0 Å². The summed E-state index contributed by atoms with van der Waals surface area (Å²) in [4.78, 5) is 5.28. The van der Waals surface area contributed by atoms with Crippen LogP contribution in [0.15, 0.2) is 18.2 Å². The molecule has 0 bridgehead atoms. The van der Waals surface area contributed by atoms with Gasteiger partial charge in [-0.25, -0.2) is 0 Å². The minimum atomic E-state index is 0.0988. The van der Waals surface area contributed by atoms with Crippen LogP contribution in [0.2, 0.25) is 0 Å². The molecule has 1 atom stereocenters. The van der Waals surface area contributed by atoms with Crippen molar-refractivity contribution in [3.63, 3.8) is 0 Å². The number of likely N-dealkylation sites (tertiary alicyclic amines) is 1. The van der Waals surface area contributed by atoms with Gasteiger partial charge in [0.1, 0.15) is 5.75 Å². The van der Waals surface area contributed by atoms with E-state index in [9.17, 15) is 0 Å². The maximum absolute atomic E-state index is 5.59. The first-order valence-corrected chi connectivity index (χ1v) is 10.2. The molecule has 0 amide bonds. The Morgan fingerprint density at radius 2 is 1.85 bits per heavy atom. The zero-order valence-electron chi connectivity index (χ0n) is 17.1. The van der Waals surface area contributed by atoms with E-state index >= 15 is 0 Å². The van der Waals surface area contributed by atoms with Gasteiger partial charge in [-0.05, 0) is 55.0 Å². The molecule has 2 saturated heterocycles. The van der Waals surface area contributed by atoms with Gasteiger partial charge in [-0.1, -0.05) is 32.9 Å². The quantitative estimate of drug-likeness (QED) is 0.818. The van der Waals surface area contributed by atoms with Crippen molar-refractivity contribution in [3.8, 4) is 5.75 Å². The molecule has 3 rings (SSSR count). The monoisotopic (exact) mass is 360 g/mol. The normalized spacial score (nSPS) is 23.6. The molecule has 0 saturated carbocycles. The molecule has 0 radical (unpaired) electrons. The van der Waals surface area contributed by atoms with Crippen LogP contribution in [0.1, 0.15) is 51.2 Å². The standard InChI is InChI=1S/C22H36N2O2/c1-22(2,3)20-16-18(7-8-21(20)25-4)17-23-10-5-6-19(9-11-23)24-12-14-26-15-13-24/h7-8,16,19H,5-6,9-15,17H2,1-4H3. The summed E-state index contributed by atoms with van der Waals surface area (Å²) in [7, 11) is 1.77. The van der Waals surface area contributed by atoms with Crippen LogP contribution in [0.4, 0.5) is 0 Å². The summed E-state index contributed by atoms with van der Waals surface area (Å²) < 4.78 is 11.1. The van der Waals surface area contributed by atoms with Gasteiger partial charge in [0.25, 0.3) is 0 Å². The molecule has 2 fully saturated rings. The predicted molar refractivity (Wildman–Crippen MR) is 107 cm³/mol. The molecule has 4 heteroatoms.